The molecule has 74 valence electrons. The predicted molar refractivity (Wildman–Crippen MR) is 58.3 cm³/mol. The molecule has 2 N–H and O–H groups in total. The van der Waals surface area contributed by atoms with Crippen LogP contribution in [0.2, 0.25) is 0 Å². The molecule has 2 aromatic rings. The lowest BCUT2D eigenvalue weighted by Gasteiger charge is -2.04. The molecule has 2 heterocycles. The highest BCUT2D eigenvalue weighted by atomic mass is 15.1. The van der Waals surface area contributed by atoms with Gasteiger partial charge in [0.15, 0.2) is 0 Å². The largest absolute Gasteiger partial charge is 0.323 e. The van der Waals surface area contributed by atoms with Gasteiger partial charge >= 0.3 is 0 Å². The minimum absolute atomic E-state index is 0.736. The summed E-state index contributed by atoms with van der Waals surface area (Å²) in [5.41, 5.74) is 2.62. The third-order valence-electron chi connectivity index (χ3n) is 2.04. The standard InChI is InChI=1S/C11H10N4/c12-15-11(9-1-5-13-6-2-9)10-3-7-14-8-4-10/h1-8H,12H2. The van der Waals surface area contributed by atoms with E-state index in [2.05, 4.69) is 15.1 Å². The number of nitrogens with zero attached hydrogens (tertiary/aromatic N) is 3. The van der Waals surface area contributed by atoms with Gasteiger partial charge in [-0.25, -0.2) is 0 Å². The van der Waals surface area contributed by atoms with E-state index < -0.39 is 0 Å². The lowest BCUT2D eigenvalue weighted by molar-refractivity contribution is 1.23. The molecule has 0 saturated heterocycles. The fourth-order valence-electron chi connectivity index (χ4n) is 1.34. The number of hydrogen-bond donors (Lipinski definition) is 1. The Morgan fingerprint density at radius 2 is 1.27 bits per heavy atom. The van der Waals surface area contributed by atoms with Crippen molar-refractivity contribution in [3.05, 3.63) is 60.2 Å². The Morgan fingerprint density at radius 3 is 1.60 bits per heavy atom. The Labute approximate surface area is 87.5 Å². The van der Waals surface area contributed by atoms with Gasteiger partial charge in [-0.3, -0.25) is 9.97 Å². The van der Waals surface area contributed by atoms with Crippen LogP contribution in [0.3, 0.4) is 0 Å². The molecule has 4 nitrogen and oxygen atoms in total. The summed E-state index contributed by atoms with van der Waals surface area (Å²) in [6.45, 7) is 0. The highest BCUT2D eigenvalue weighted by Crippen LogP contribution is 2.07. The summed E-state index contributed by atoms with van der Waals surface area (Å²) in [4.78, 5) is 7.90. The summed E-state index contributed by atoms with van der Waals surface area (Å²) in [6.07, 6.45) is 6.84. The molecule has 0 unspecified atom stereocenters. The highest BCUT2D eigenvalue weighted by Gasteiger charge is 2.05. The van der Waals surface area contributed by atoms with Crippen molar-refractivity contribution in [2.75, 3.05) is 0 Å². The van der Waals surface area contributed by atoms with E-state index in [9.17, 15) is 0 Å². The van der Waals surface area contributed by atoms with Crippen molar-refractivity contribution in [1.29, 1.82) is 0 Å². The molecule has 2 aromatic heterocycles. The van der Waals surface area contributed by atoms with Crippen molar-refractivity contribution < 1.29 is 0 Å². The van der Waals surface area contributed by atoms with Crippen LogP contribution in [0, 0.1) is 0 Å². The van der Waals surface area contributed by atoms with Gasteiger partial charge in [-0.15, -0.1) is 0 Å². The number of pyridine rings is 2. The molecule has 2 rings (SSSR count). The summed E-state index contributed by atoms with van der Waals surface area (Å²) < 4.78 is 0. The van der Waals surface area contributed by atoms with Crippen molar-refractivity contribution in [2.24, 2.45) is 10.9 Å². The summed E-state index contributed by atoms with van der Waals surface area (Å²) in [6, 6.07) is 7.47. The summed E-state index contributed by atoms with van der Waals surface area (Å²) in [5, 5.41) is 3.79. The van der Waals surface area contributed by atoms with E-state index in [0.717, 1.165) is 16.8 Å². The number of rotatable bonds is 2. The van der Waals surface area contributed by atoms with Crippen LogP contribution in [0.4, 0.5) is 0 Å². The average molecular weight is 198 g/mol. The first-order valence-corrected chi connectivity index (χ1v) is 4.50. The molecule has 0 aliphatic heterocycles. The van der Waals surface area contributed by atoms with E-state index in [1.165, 1.54) is 0 Å². The zero-order valence-electron chi connectivity index (χ0n) is 8.04. The van der Waals surface area contributed by atoms with E-state index in [0.29, 0.717) is 0 Å². The molecule has 0 radical (unpaired) electrons. The van der Waals surface area contributed by atoms with Gasteiger partial charge in [-0.05, 0) is 24.3 Å². The molecule has 0 aromatic carbocycles. The molecule has 15 heavy (non-hydrogen) atoms. The third-order valence-corrected chi connectivity index (χ3v) is 2.04. The number of hydrazone groups is 1. The van der Waals surface area contributed by atoms with Crippen LogP contribution in [0.1, 0.15) is 11.1 Å². The van der Waals surface area contributed by atoms with Crippen molar-refractivity contribution in [3.63, 3.8) is 0 Å². The second-order valence-electron chi connectivity index (χ2n) is 2.95. The summed E-state index contributed by atoms with van der Waals surface area (Å²) in [5.74, 6) is 5.38. The van der Waals surface area contributed by atoms with E-state index in [-0.39, 0.29) is 0 Å². The maximum atomic E-state index is 5.38. The fourth-order valence-corrected chi connectivity index (χ4v) is 1.34. The van der Waals surface area contributed by atoms with Crippen LogP contribution in [0.25, 0.3) is 0 Å². The zero-order chi connectivity index (χ0) is 10.5. The molecule has 0 amide bonds. The Kier molecular flexibility index (Phi) is 2.69. The number of hydrogen-bond acceptors (Lipinski definition) is 4. The molecule has 0 atom stereocenters. The van der Waals surface area contributed by atoms with Crippen molar-refractivity contribution in [2.45, 2.75) is 0 Å². The highest BCUT2D eigenvalue weighted by molar-refractivity contribution is 6.12. The molecule has 4 heteroatoms. The minimum atomic E-state index is 0.736. The molecule has 0 saturated carbocycles. The third kappa shape index (κ3) is 1.99. The molecule has 0 aliphatic rings. The quantitative estimate of drug-likeness (QED) is 0.448. The first-order chi connectivity index (χ1) is 7.42. The Balaban J connectivity index is 2.44. The first-order valence-electron chi connectivity index (χ1n) is 4.50. The van der Waals surface area contributed by atoms with Crippen molar-refractivity contribution >= 4 is 5.71 Å². The molecular weight excluding hydrogens is 188 g/mol. The molecule has 0 spiro atoms. The Bertz CT molecular complexity index is 409. The van der Waals surface area contributed by atoms with Gasteiger partial charge in [0, 0.05) is 35.9 Å². The van der Waals surface area contributed by atoms with Crippen molar-refractivity contribution in [3.8, 4) is 0 Å². The monoisotopic (exact) mass is 198 g/mol. The van der Waals surface area contributed by atoms with Crippen LogP contribution >= 0.6 is 0 Å². The summed E-state index contributed by atoms with van der Waals surface area (Å²) >= 11 is 0. The van der Waals surface area contributed by atoms with Crippen LogP contribution in [-0.2, 0) is 0 Å². The van der Waals surface area contributed by atoms with Crippen LogP contribution in [-0.4, -0.2) is 15.7 Å². The van der Waals surface area contributed by atoms with Gasteiger partial charge in [0.25, 0.3) is 0 Å². The van der Waals surface area contributed by atoms with Gasteiger partial charge in [-0.2, -0.15) is 5.10 Å². The van der Waals surface area contributed by atoms with E-state index in [4.69, 9.17) is 5.84 Å². The molecule has 0 fully saturated rings. The summed E-state index contributed by atoms with van der Waals surface area (Å²) in [7, 11) is 0. The predicted octanol–water partition coefficient (Wildman–Crippen LogP) is 1.19. The normalized spacial score (nSPS) is 9.60. The SMILES string of the molecule is NN=C(c1ccncc1)c1ccncc1. The van der Waals surface area contributed by atoms with Crippen LogP contribution in [0.5, 0.6) is 0 Å². The molecular formula is C11H10N4. The Hall–Kier alpha value is -2.23. The molecule has 0 bridgehead atoms. The van der Waals surface area contributed by atoms with E-state index in [1.54, 1.807) is 24.8 Å². The van der Waals surface area contributed by atoms with E-state index >= 15 is 0 Å². The van der Waals surface area contributed by atoms with Gasteiger partial charge in [0.05, 0.1) is 5.71 Å². The second kappa shape index (κ2) is 4.32. The maximum Gasteiger partial charge on any atom is 0.0973 e. The lowest BCUT2D eigenvalue weighted by Crippen LogP contribution is -2.06. The first kappa shape index (κ1) is 9.33. The van der Waals surface area contributed by atoms with Gasteiger partial charge in [-0.1, -0.05) is 0 Å². The van der Waals surface area contributed by atoms with Crippen molar-refractivity contribution in [1.82, 2.24) is 9.97 Å². The lowest BCUT2D eigenvalue weighted by atomic mass is 10.1. The smallest absolute Gasteiger partial charge is 0.0973 e. The second-order valence-corrected chi connectivity index (χ2v) is 2.95. The maximum absolute atomic E-state index is 5.38. The van der Waals surface area contributed by atoms with Gasteiger partial charge in [0.2, 0.25) is 0 Å². The fraction of sp³-hybridized carbons (Fsp3) is 0. The topological polar surface area (TPSA) is 64.2 Å². The van der Waals surface area contributed by atoms with Gasteiger partial charge in [0.1, 0.15) is 0 Å². The number of nitrogens with two attached hydrogens (primary N) is 1. The zero-order valence-corrected chi connectivity index (χ0v) is 8.04. The average Bonchev–Trinajstić information content (AvgIpc) is 2.33. The van der Waals surface area contributed by atoms with Crippen LogP contribution in [0.15, 0.2) is 54.2 Å². The molecule has 0 aliphatic carbocycles. The number of aromatic nitrogens is 2. The van der Waals surface area contributed by atoms with E-state index in [1.807, 2.05) is 24.3 Å². The van der Waals surface area contributed by atoms with Gasteiger partial charge < -0.3 is 5.84 Å². The van der Waals surface area contributed by atoms with Crippen LogP contribution < -0.4 is 5.84 Å². The Morgan fingerprint density at radius 1 is 0.867 bits per heavy atom. The minimum Gasteiger partial charge on any atom is -0.323 e.